The molecule has 1 fully saturated rings. The Hall–Kier alpha value is -4.16. The summed E-state index contributed by atoms with van der Waals surface area (Å²) >= 11 is 1.73. The third kappa shape index (κ3) is 10.2. The van der Waals surface area contributed by atoms with Gasteiger partial charge in [-0.2, -0.15) is 37.7 Å². The lowest BCUT2D eigenvalue weighted by Crippen LogP contribution is -2.53. The smallest absolute Gasteiger partial charge is 0.490 e. The first-order chi connectivity index (χ1) is 21.5. The number of nitrogens with zero attached hydrogens (tertiary/aromatic N) is 3. The Morgan fingerprint density at radius 3 is 2.24 bits per heavy atom. The molecule has 46 heavy (non-hydrogen) atoms. The Kier molecular flexibility index (Phi) is 12.2. The van der Waals surface area contributed by atoms with Gasteiger partial charge in [-0.1, -0.05) is 12.1 Å². The van der Waals surface area contributed by atoms with Gasteiger partial charge in [0.25, 0.3) is 5.91 Å². The molecule has 2 aliphatic heterocycles. The molecule has 3 aromatic rings. The van der Waals surface area contributed by atoms with Crippen molar-refractivity contribution < 1.29 is 60.4 Å². The third-order valence-corrected chi connectivity index (χ3v) is 7.61. The molecule has 0 aliphatic carbocycles. The van der Waals surface area contributed by atoms with E-state index in [1.54, 1.807) is 18.4 Å². The minimum Gasteiger partial charge on any atom is -0.497 e. The van der Waals surface area contributed by atoms with Crippen molar-refractivity contribution in [3.05, 3.63) is 70.4 Å². The van der Waals surface area contributed by atoms with E-state index in [2.05, 4.69) is 36.6 Å². The SMILES string of the molecule is COc1cccc(CNC(=O)C2Cn3ccnc3C3(CCN(Cc4ccsc4)CC3)O2)c1.O=C(O)C(F)(F)F.O=C(O)C(F)(F)F. The summed E-state index contributed by atoms with van der Waals surface area (Å²) in [6.07, 6.45) is -5.28. The quantitative estimate of drug-likeness (QED) is 0.323. The number of halogens is 6. The number of nitrogens with one attached hydrogen (secondary N) is 1. The highest BCUT2D eigenvalue weighted by atomic mass is 32.1. The van der Waals surface area contributed by atoms with E-state index in [0.717, 1.165) is 49.6 Å². The van der Waals surface area contributed by atoms with Gasteiger partial charge in [0.2, 0.25) is 0 Å². The second-order valence-electron chi connectivity index (χ2n) is 10.1. The minimum atomic E-state index is -5.08. The van der Waals surface area contributed by atoms with Gasteiger partial charge < -0.3 is 29.6 Å². The number of benzene rings is 1. The van der Waals surface area contributed by atoms with Gasteiger partial charge in [0.15, 0.2) is 6.10 Å². The van der Waals surface area contributed by atoms with E-state index < -0.39 is 36.0 Å². The van der Waals surface area contributed by atoms with Crippen LogP contribution in [0.3, 0.4) is 0 Å². The van der Waals surface area contributed by atoms with Crippen LogP contribution >= 0.6 is 11.3 Å². The number of ether oxygens (including phenoxy) is 2. The van der Waals surface area contributed by atoms with Crippen molar-refractivity contribution in [2.45, 2.75) is 56.5 Å². The van der Waals surface area contributed by atoms with Crippen LogP contribution in [0.15, 0.2) is 53.5 Å². The Labute approximate surface area is 262 Å². The van der Waals surface area contributed by atoms with Crippen molar-refractivity contribution in [3.63, 3.8) is 0 Å². The number of fused-ring (bicyclic) bond motifs is 2. The molecule has 11 nitrogen and oxygen atoms in total. The maximum Gasteiger partial charge on any atom is 0.490 e. The van der Waals surface area contributed by atoms with Crippen LogP contribution in [0.4, 0.5) is 26.3 Å². The number of methoxy groups -OCH3 is 1. The van der Waals surface area contributed by atoms with Crippen molar-refractivity contribution >= 4 is 29.2 Å². The Balaban J connectivity index is 0.000000345. The van der Waals surface area contributed by atoms with E-state index >= 15 is 0 Å². The molecule has 18 heteroatoms. The maximum absolute atomic E-state index is 13.0. The number of thiophene rings is 1. The van der Waals surface area contributed by atoms with E-state index in [-0.39, 0.29) is 5.91 Å². The number of piperidine rings is 1. The van der Waals surface area contributed by atoms with Gasteiger partial charge in [-0.25, -0.2) is 14.6 Å². The summed E-state index contributed by atoms with van der Waals surface area (Å²) in [5.74, 6) is -3.88. The number of hydrogen-bond acceptors (Lipinski definition) is 8. The molecule has 1 atom stereocenters. The number of rotatable bonds is 6. The number of aliphatic carboxylic acids is 2. The Morgan fingerprint density at radius 2 is 1.70 bits per heavy atom. The number of imidazole rings is 1. The molecule has 0 radical (unpaired) electrons. The Bertz CT molecular complexity index is 1430. The number of carbonyl (C=O) groups excluding carboxylic acids is 1. The number of hydrogen-bond donors (Lipinski definition) is 3. The van der Waals surface area contributed by atoms with Crippen LogP contribution in [0.5, 0.6) is 5.75 Å². The van der Waals surface area contributed by atoms with Gasteiger partial charge in [0, 0.05) is 38.6 Å². The number of aromatic nitrogens is 2. The van der Waals surface area contributed by atoms with Crippen LogP contribution in [0.1, 0.15) is 29.8 Å². The predicted octanol–water partition coefficient (Wildman–Crippen LogP) is 4.43. The molecule has 1 aromatic carbocycles. The first kappa shape index (κ1) is 36.3. The van der Waals surface area contributed by atoms with E-state index in [0.29, 0.717) is 13.1 Å². The highest BCUT2D eigenvalue weighted by molar-refractivity contribution is 7.07. The fraction of sp³-hybridized carbons (Fsp3) is 0.429. The molecule has 252 valence electrons. The largest absolute Gasteiger partial charge is 0.497 e. The van der Waals surface area contributed by atoms with Crippen LogP contribution in [-0.2, 0) is 44.4 Å². The summed E-state index contributed by atoms with van der Waals surface area (Å²) in [5.41, 5.74) is 1.84. The molecule has 1 amide bonds. The number of likely N-dealkylation sites (tertiary alicyclic amines) is 1. The molecule has 1 spiro atoms. The lowest BCUT2D eigenvalue weighted by atomic mass is 9.88. The van der Waals surface area contributed by atoms with Crippen LogP contribution in [0, 0.1) is 0 Å². The number of carboxylic acid groups (broad SMARTS) is 2. The molecule has 5 rings (SSSR count). The number of carboxylic acids is 2. The Morgan fingerprint density at radius 1 is 1.07 bits per heavy atom. The van der Waals surface area contributed by atoms with Gasteiger partial charge >= 0.3 is 24.3 Å². The number of carbonyl (C=O) groups is 3. The molecule has 1 unspecified atom stereocenters. The van der Waals surface area contributed by atoms with Gasteiger partial charge in [0.05, 0.1) is 13.7 Å². The van der Waals surface area contributed by atoms with Gasteiger partial charge in [-0.05, 0) is 52.9 Å². The average Bonchev–Trinajstić information content (AvgIpc) is 3.70. The summed E-state index contributed by atoms with van der Waals surface area (Å²) in [6, 6.07) is 9.91. The highest BCUT2D eigenvalue weighted by Crippen LogP contribution is 2.40. The summed E-state index contributed by atoms with van der Waals surface area (Å²) in [6.45, 7) is 3.72. The molecule has 3 N–H and O–H groups in total. The van der Waals surface area contributed by atoms with Crippen LogP contribution < -0.4 is 10.1 Å². The zero-order valence-electron chi connectivity index (χ0n) is 24.2. The summed E-state index contributed by atoms with van der Waals surface area (Å²) in [4.78, 5) is 37.9. The molecule has 0 saturated carbocycles. The molecular formula is C28H30F6N4O7S. The first-order valence-corrected chi connectivity index (χ1v) is 14.4. The lowest BCUT2D eigenvalue weighted by Gasteiger charge is -2.45. The second kappa shape index (κ2) is 15.4. The van der Waals surface area contributed by atoms with Gasteiger partial charge in [-0.15, -0.1) is 0 Å². The van der Waals surface area contributed by atoms with Crippen molar-refractivity contribution in [1.29, 1.82) is 0 Å². The van der Waals surface area contributed by atoms with Gasteiger partial charge in [0.1, 0.15) is 17.2 Å². The topological polar surface area (TPSA) is 143 Å². The molecule has 1 saturated heterocycles. The predicted molar refractivity (Wildman–Crippen MR) is 150 cm³/mol. The van der Waals surface area contributed by atoms with Crippen molar-refractivity contribution in [2.24, 2.45) is 0 Å². The van der Waals surface area contributed by atoms with E-state index in [1.165, 1.54) is 5.56 Å². The fourth-order valence-corrected chi connectivity index (χ4v) is 5.33. The van der Waals surface area contributed by atoms with E-state index in [1.807, 2.05) is 36.7 Å². The van der Waals surface area contributed by atoms with Crippen LogP contribution in [0.25, 0.3) is 0 Å². The molecular weight excluding hydrogens is 650 g/mol. The molecule has 2 aromatic heterocycles. The third-order valence-electron chi connectivity index (χ3n) is 6.88. The van der Waals surface area contributed by atoms with Crippen molar-refractivity contribution in [1.82, 2.24) is 19.8 Å². The summed E-state index contributed by atoms with van der Waals surface area (Å²) < 4.78 is 77.4. The zero-order valence-corrected chi connectivity index (χ0v) is 25.0. The second-order valence-corrected chi connectivity index (χ2v) is 10.9. The summed E-state index contributed by atoms with van der Waals surface area (Å²) in [7, 11) is 1.64. The first-order valence-electron chi connectivity index (χ1n) is 13.5. The minimum absolute atomic E-state index is 0.0905. The maximum atomic E-state index is 13.0. The molecule has 0 bridgehead atoms. The monoisotopic (exact) mass is 680 g/mol. The zero-order chi connectivity index (χ0) is 34.1. The highest BCUT2D eigenvalue weighted by Gasteiger charge is 2.47. The van der Waals surface area contributed by atoms with E-state index in [4.69, 9.17) is 29.3 Å². The number of amides is 1. The lowest BCUT2D eigenvalue weighted by molar-refractivity contribution is -0.193. The van der Waals surface area contributed by atoms with E-state index in [9.17, 15) is 31.1 Å². The molecule has 4 heterocycles. The standard InChI is InChI=1S/C24H28N4O3S.2C2HF3O2/c1-30-20-4-2-3-18(13-20)14-26-22(29)21-16-28-11-8-25-23(28)24(31-21)6-9-27(10-7-24)15-19-5-12-32-17-19;2*3-2(4,5)1(6)7/h2-5,8,11-13,17,21H,6-7,9-10,14-16H2,1H3,(H,26,29);2*(H,6,7). The van der Waals surface area contributed by atoms with Crippen molar-refractivity contribution in [3.8, 4) is 5.75 Å². The van der Waals surface area contributed by atoms with Crippen LogP contribution in [-0.4, -0.2) is 81.2 Å². The van der Waals surface area contributed by atoms with Gasteiger partial charge in [-0.3, -0.25) is 9.69 Å². The van der Waals surface area contributed by atoms with Crippen molar-refractivity contribution in [2.75, 3.05) is 20.2 Å². The van der Waals surface area contributed by atoms with Crippen LogP contribution in [0.2, 0.25) is 0 Å². The summed E-state index contributed by atoms with van der Waals surface area (Å²) in [5, 5.41) is 21.6. The molecule has 2 aliphatic rings. The number of alkyl halides is 6. The average molecular weight is 681 g/mol. The normalized spacial score (nSPS) is 17.4. The fourth-order valence-electron chi connectivity index (χ4n) is 4.67.